The van der Waals surface area contributed by atoms with Crippen molar-refractivity contribution in [3.8, 4) is 5.75 Å². The third-order valence-electron chi connectivity index (χ3n) is 4.27. The zero-order chi connectivity index (χ0) is 16.9. The summed E-state index contributed by atoms with van der Waals surface area (Å²) in [4.78, 5) is 13.5. The second kappa shape index (κ2) is 7.44. The molecule has 7 heteroatoms. The zero-order valence-electron chi connectivity index (χ0n) is 13.4. The summed E-state index contributed by atoms with van der Waals surface area (Å²) in [7, 11) is 0. The second-order valence-electron chi connectivity index (χ2n) is 6.02. The van der Waals surface area contributed by atoms with Gasteiger partial charge in [-0.15, -0.1) is 0 Å². The molecule has 1 amide bonds. The van der Waals surface area contributed by atoms with Crippen LogP contribution in [0.3, 0.4) is 0 Å². The van der Waals surface area contributed by atoms with Gasteiger partial charge in [-0.05, 0) is 37.6 Å². The van der Waals surface area contributed by atoms with Crippen molar-refractivity contribution in [2.75, 3.05) is 26.2 Å². The van der Waals surface area contributed by atoms with Crippen LogP contribution in [0.5, 0.6) is 5.75 Å². The van der Waals surface area contributed by atoms with Crippen molar-refractivity contribution in [2.24, 2.45) is 5.73 Å². The molecule has 3 rings (SSSR count). The Morgan fingerprint density at radius 3 is 3.08 bits per heavy atom. The molecule has 2 aromatic rings. The Bertz CT molecular complexity index is 703. The Morgan fingerprint density at radius 2 is 2.33 bits per heavy atom. The van der Waals surface area contributed by atoms with Crippen LogP contribution in [0.4, 0.5) is 4.39 Å². The van der Waals surface area contributed by atoms with Crippen molar-refractivity contribution in [2.45, 2.75) is 18.8 Å². The van der Waals surface area contributed by atoms with Crippen molar-refractivity contribution in [3.05, 3.63) is 47.5 Å². The Morgan fingerprint density at radius 1 is 1.46 bits per heavy atom. The number of H-pyrrole nitrogens is 1. The summed E-state index contributed by atoms with van der Waals surface area (Å²) in [6.07, 6.45) is 2.11. The number of carbonyl (C=O) groups excluding carboxylic acids is 1. The van der Waals surface area contributed by atoms with Crippen LogP contribution in [0.25, 0.3) is 0 Å². The molecule has 0 spiro atoms. The highest BCUT2D eigenvalue weighted by molar-refractivity contribution is 5.90. The number of ether oxygens (including phenoxy) is 1. The molecule has 1 aromatic carbocycles. The van der Waals surface area contributed by atoms with E-state index in [1.807, 2.05) is 0 Å². The number of nitrogens with one attached hydrogen (secondary N) is 1. The van der Waals surface area contributed by atoms with E-state index < -0.39 is 5.91 Å². The molecule has 6 nitrogen and oxygen atoms in total. The van der Waals surface area contributed by atoms with Crippen LogP contribution in [0.2, 0.25) is 0 Å². The van der Waals surface area contributed by atoms with E-state index >= 15 is 0 Å². The van der Waals surface area contributed by atoms with Gasteiger partial charge in [-0.1, -0.05) is 6.07 Å². The molecule has 1 saturated heterocycles. The Kier molecular flexibility index (Phi) is 5.10. The minimum atomic E-state index is -0.520. The maximum atomic E-state index is 13.1. The average molecular weight is 332 g/mol. The first-order valence-electron chi connectivity index (χ1n) is 8.07. The van der Waals surface area contributed by atoms with Crippen LogP contribution in [0.15, 0.2) is 30.3 Å². The highest BCUT2D eigenvalue weighted by atomic mass is 19.1. The largest absolute Gasteiger partial charge is 0.492 e. The molecular formula is C17H21FN4O2. The lowest BCUT2D eigenvalue weighted by Crippen LogP contribution is -2.37. The summed E-state index contributed by atoms with van der Waals surface area (Å²) in [5, 5.41) is 6.86. The highest BCUT2D eigenvalue weighted by Crippen LogP contribution is 2.25. The summed E-state index contributed by atoms with van der Waals surface area (Å²) in [6, 6.07) is 7.90. The molecule has 0 aliphatic carbocycles. The number of carbonyl (C=O) groups is 1. The molecular weight excluding hydrogens is 311 g/mol. The quantitative estimate of drug-likeness (QED) is 0.846. The van der Waals surface area contributed by atoms with E-state index in [0.29, 0.717) is 18.3 Å². The van der Waals surface area contributed by atoms with Crippen molar-refractivity contribution >= 4 is 5.91 Å². The van der Waals surface area contributed by atoms with Crippen LogP contribution < -0.4 is 10.5 Å². The molecule has 1 aliphatic rings. The third-order valence-corrected chi connectivity index (χ3v) is 4.27. The van der Waals surface area contributed by atoms with E-state index in [1.165, 1.54) is 12.1 Å². The van der Waals surface area contributed by atoms with E-state index in [-0.39, 0.29) is 11.5 Å². The third kappa shape index (κ3) is 4.11. The number of benzene rings is 1. The fourth-order valence-electron chi connectivity index (χ4n) is 3.03. The number of likely N-dealkylation sites (tertiary alicyclic amines) is 1. The Labute approximate surface area is 139 Å². The molecule has 0 bridgehead atoms. The number of amides is 1. The maximum absolute atomic E-state index is 13.1. The molecule has 3 N–H and O–H groups in total. The lowest BCUT2D eigenvalue weighted by molar-refractivity contribution is 0.0995. The fourth-order valence-corrected chi connectivity index (χ4v) is 3.03. The standard InChI is InChI=1S/C17H21FN4O2/c18-13-4-1-5-14(9-13)24-8-7-22-6-2-3-12(11-22)15-10-16(17(19)23)21-20-15/h1,4-5,9-10,12H,2-3,6-8,11H2,(H2,19,23)(H,20,21)/t12-/m0/s1. The van der Waals surface area contributed by atoms with Gasteiger partial charge in [-0.2, -0.15) is 5.10 Å². The van der Waals surface area contributed by atoms with E-state index in [4.69, 9.17) is 10.5 Å². The smallest absolute Gasteiger partial charge is 0.269 e. The fraction of sp³-hybridized carbons (Fsp3) is 0.412. The molecule has 2 heterocycles. The SMILES string of the molecule is NC(=O)c1cc([C@H]2CCCN(CCOc3cccc(F)c3)C2)[nH]n1. The van der Waals surface area contributed by atoms with E-state index in [9.17, 15) is 9.18 Å². The number of primary amides is 1. The molecule has 1 fully saturated rings. The number of hydrogen-bond donors (Lipinski definition) is 2. The lowest BCUT2D eigenvalue weighted by Gasteiger charge is -2.32. The Hall–Kier alpha value is -2.41. The summed E-state index contributed by atoms with van der Waals surface area (Å²) in [6.45, 7) is 3.14. The number of piperidine rings is 1. The van der Waals surface area contributed by atoms with Crippen molar-refractivity contribution < 1.29 is 13.9 Å². The van der Waals surface area contributed by atoms with Crippen molar-refractivity contribution in [1.82, 2.24) is 15.1 Å². The van der Waals surface area contributed by atoms with Gasteiger partial charge in [0.2, 0.25) is 0 Å². The number of nitrogens with two attached hydrogens (primary N) is 1. The minimum Gasteiger partial charge on any atom is -0.492 e. The first-order chi connectivity index (χ1) is 11.6. The molecule has 0 saturated carbocycles. The number of aromatic amines is 1. The van der Waals surface area contributed by atoms with E-state index in [2.05, 4.69) is 15.1 Å². The number of halogens is 1. The van der Waals surface area contributed by atoms with Gasteiger partial charge >= 0.3 is 0 Å². The van der Waals surface area contributed by atoms with Crippen molar-refractivity contribution in [1.29, 1.82) is 0 Å². The van der Waals surface area contributed by atoms with Gasteiger partial charge in [0.15, 0.2) is 0 Å². The van der Waals surface area contributed by atoms with Crippen LogP contribution in [0, 0.1) is 5.82 Å². The summed E-state index contributed by atoms with van der Waals surface area (Å²) < 4.78 is 18.7. The number of aromatic nitrogens is 2. The number of rotatable bonds is 6. The molecule has 1 aromatic heterocycles. The summed E-state index contributed by atoms with van der Waals surface area (Å²) in [5.41, 5.74) is 6.46. The van der Waals surface area contributed by atoms with Crippen LogP contribution in [-0.4, -0.2) is 47.2 Å². The predicted octanol–water partition coefficient (Wildman–Crippen LogP) is 1.91. The molecule has 1 aliphatic heterocycles. The average Bonchev–Trinajstić information content (AvgIpc) is 3.06. The van der Waals surface area contributed by atoms with Gasteiger partial charge in [-0.25, -0.2) is 4.39 Å². The Balaban J connectivity index is 1.50. The first kappa shape index (κ1) is 16.4. The molecule has 24 heavy (non-hydrogen) atoms. The topological polar surface area (TPSA) is 84.2 Å². The lowest BCUT2D eigenvalue weighted by atomic mass is 9.94. The number of nitrogens with zero attached hydrogens (tertiary/aromatic N) is 2. The predicted molar refractivity (Wildman–Crippen MR) is 87.4 cm³/mol. The number of hydrogen-bond acceptors (Lipinski definition) is 4. The minimum absolute atomic E-state index is 0.275. The van der Waals surface area contributed by atoms with Crippen LogP contribution in [-0.2, 0) is 0 Å². The summed E-state index contributed by atoms with van der Waals surface area (Å²) in [5.74, 6) is 0.0282. The molecule has 0 unspecified atom stereocenters. The van der Waals surface area contributed by atoms with Gasteiger partial charge in [0.25, 0.3) is 5.91 Å². The van der Waals surface area contributed by atoms with Crippen molar-refractivity contribution in [3.63, 3.8) is 0 Å². The molecule has 0 radical (unpaired) electrons. The normalized spacial score (nSPS) is 18.5. The van der Waals surface area contributed by atoms with Gasteiger partial charge in [0, 0.05) is 30.8 Å². The molecule has 1 atom stereocenters. The van der Waals surface area contributed by atoms with Crippen LogP contribution in [0.1, 0.15) is 34.9 Å². The monoisotopic (exact) mass is 332 g/mol. The van der Waals surface area contributed by atoms with E-state index in [0.717, 1.165) is 38.2 Å². The van der Waals surface area contributed by atoms with E-state index in [1.54, 1.807) is 18.2 Å². The van der Waals surface area contributed by atoms with Gasteiger partial charge in [0.1, 0.15) is 23.9 Å². The van der Waals surface area contributed by atoms with Gasteiger partial charge in [0.05, 0.1) is 0 Å². The first-order valence-corrected chi connectivity index (χ1v) is 8.07. The zero-order valence-corrected chi connectivity index (χ0v) is 13.4. The van der Waals surface area contributed by atoms with Crippen LogP contribution >= 0.6 is 0 Å². The van der Waals surface area contributed by atoms with Gasteiger partial charge in [-0.3, -0.25) is 14.8 Å². The summed E-state index contributed by atoms with van der Waals surface area (Å²) >= 11 is 0. The second-order valence-corrected chi connectivity index (χ2v) is 6.02. The maximum Gasteiger partial charge on any atom is 0.269 e. The van der Waals surface area contributed by atoms with Gasteiger partial charge < -0.3 is 10.5 Å². The highest BCUT2D eigenvalue weighted by Gasteiger charge is 2.23. The molecule has 128 valence electrons.